The van der Waals surface area contributed by atoms with E-state index in [0.29, 0.717) is 11.3 Å². The minimum absolute atomic E-state index is 0.147. The summed E-state index contributed by atoms with van der Waals surface area (Å²) in [6.45, 7) is 15.0. The van der Waals surface area contributed by atoms with E-state index >= 15 is 0 Å². The van der Waals surface area contributed by atoms with Gasteiger partial charge in [0.25, 0.3) is 0 Å². The normalized spacial score (nSPS) is 45.6. The number of fused-ring (bicyclic) bond motifs is 5. The van der Waals surface area contributed by atoms with Crippen molar-refractivity contribution in [3.05, 3.63) is 11.6 Å². The second kappa shape index (κ2) is 9.37. The minimum Gasteiger partial charge on any atom is -0.393 e. The number of ether oxygens (including phenoxy) is 1. The van der Waals surface area contributed by atoms with E-state index in [1.807, 2.05) is 7.11 Å². The number of aliphatic hydroxyl groups excluding tert-OH is 1. The van der Waals surface area contributed by atoms with Crippen molar-refractivity contribution < 1.29 is 9.84 Å². The lowest BCUT2D eigenvalue weighted by atomic mass is 9.46. The molecule has 3 fully saturated rings. The number of rotatable bonds is 7. The molecule has 10 atom stereocenters. The van der Waals surface area contributed by atoms with Gasteiger partial charge in [-0.25, -0.2) is 0 Å². The fourth-order valence-corrected chi connectivity index (χ4v) is 9.49. The zero-order valence-electron chi connectivity index (χ0n) is 22.2. The van der Waals surface area contributed by atoms with E-state index in [-0.39, 0.29) is 17.6 Å². The Morgan fingerprint density at radius 3 is 2.44 bits per heavy atom. The zero-order valence-corrected chi connectivity index (χ0v) is 22.2. The van der Waals surface area contributed by atoms with Crippen LogP contribution in [0.25, 0.3) is 0 Å². The van der Waals surface area contributed by atoms with E-state index in [0.717, 1.165) is 54.8 Å². The summed E-state index contributed by atoms with van der Waals surface area (Å²) in [6, 6.07) is 0. The van der Waals surface area contributed by atoms with E-state index < -0.39 is 0 Å². The highest BCUT2D eigenvalue weighted by atomic mass is 16.5. The second-order valence-electron chi connectivity index (χ2n) is 13.2. The Morgan fingerprint density at radius 1 is 1.03 bits per heavy atom. The van der Waals surface area contributed by atoms with Crippen molar-refractivity contribution in [3.63, 3.8) is 0 Å². The number of hydrogen-bond donors (Lipinski definition) is 1. The van der Waals surface area contributed by atoms with E-state index in [4.69, 9.17) is 4.74 Å². The number of methoxy groups -OCH3 is 1. The van der Waals surface area contributed by atoms with Crippen LogP contribution in [0.1, 0.15) is 106 Å². The third-order valence-corrected chi connectivity index (χ3v) is 11.6. The quantitative estimate of drug-likeness (QED) is 0.409. The average Bonchev–Trinajstić information content (AvgIpc) is 3.11. The molecule has 32 heavy (non-hydrogen) atoms. The predicted octanol–water partition coefficient (Wildman–Crippen LogP) is 7.65. The van der Waals surface area contributed by atoms with E-state index in [2.05, 4.69) is 47.6 Å². The van der Waals surface area contributed by atoms with Crippen molar-refractivity contribution in [2.24, 2.45) is 52.3 Å². The van der Waals surface area contributed by atoms with Gasteiger partial charge in [-0.05, 0) is 104 Å². The Morgan fingerprint density at radius 2 is 1.78 bits per heavy atom. The lowest BCUT2D eigenvalue weighted by molar-refractivity contribution is -0.106. The number of hydrogen-bond acceptors (Lipinski definition) is 2. The summed E-state index contributed by atoms with van der Waals surface area (Å²) in [7, 11) is 1.93. The molecule has 0 amide bonds. The zero-order chi connectivity index (χ0) is 23.3. The Kier molecular flexibility index (Phi) is 7.25. The van der Waals surface area contributed by atoms with Crippen LogP contribution in [0.4, 0.5) is 0 Å². The van der Waals surface area contributed by atoms with Crippen molar-refractivity contribution in [2.45, 2.75) is 118 Å². The summed E-state index contributed by atoms with van der Waals surface area (Å²) >= 11 is 0. The Bertz CT molecular complexity index is 682. The molecule has 0 aromatic heterocycles. The first-order valence-electron chi connectivity index (χ1n) is 14.1. The van der Waals surface area contributed by atoms with Gasteiger partial charge in [-0.2, -0.15) is 0 Å². The molecule has 2 heteroatoms. The van der Waals surface area contributed by atoms with E-state index in [1.54, 1.807) is 0 Å². The second-order valence-corrected chi connectivity index (χ2v) is 13.2. The maximum atomic E-state index is 10.4. The Balaban J connectivity index is 1.54. The molecule has 0 aromatic carbocycles. The average molecular weight is 445 g/mol. The molecule has 0 radical (unpaired) electrons. The first-order valence-corrected chi connectivity index (χ1v) is 14.1. The van der Waals surface area contributed by atoms with Gasteiger partial charge in [0.1, 0.15) is 0 Å². The molecule has 0 spiro atoms. The Hall–Kier alpha value is -0.340. The molecule has 0 heterocycles. The van der Waals surface area contributed by atoms with Gasteiger partial charge in [0.05, 0.1) is 12.2 Å². The summed E-state index contributed by atoms with van der Waals surface area (Å²) in [5.74, 6) is 5.62. The highest BCUT2D eigenvalue weighted by Crippen LogP contribution is 2.67. The van der Waals surface area contributed by atoms with Crippen molar-refractivity contribution in [1.82, 2.24) is 0 Å². The van der Waals surface area contributed by atoms with Crippen molar-refractivity contribution in [2.75, 3.05) is 7.11 Å². The molecule has 4 rings (SSSR count). The van der Waals surface area contributed by atoms with Crippen molar-refractivity contribution in [3.8, 4) is 0 Å². The van der Waals surface area contributed by atoms with Gasteiger partial charge in [0.2, 0.25) is 0 Å². The highest BCUT2D eigenvalue weighted by Gasteiger charge is 2.61. The highest BCUT2D eigenvalue weighted by molar-refractivity contribution is 5.28. The maximum Gasteiger partial charge on any atom is 0.0788 e. The van der Waals surface area contributed by atoms with Gasteiger partial charge < -0.3 is 9.84 Å². The molecular formula is C30H52O2. The van der Waals surface area contributed by atoms with Crippen LogP contribution in [0.5, 0.6) is 0 Å². The monoisotopic (exact) mass is 444 g/mol. The molecule has 184 valence electrons. The molecule has 2 nitrogen and oxygen atoms in total. The largest absolute Gasteiger partial charge is 0.393 e. The maximum absolute atomic E-state index is 10.4. The first kappa shape index (κ1) is 24.8. The van der Waals surface area contributed by atoms with Gasteiger partial charge in [-0.15, -0.1) is 0 Å². The molecule has 0 bridgehead atoms. The number of aliphatic hydroxyl groups is 1. The van der Waals surface area contributed by atoms with Crippen LogP contribution in [-0.4, -0.2) is 24.4 Å². The molecule has 4 aliphatic rings. The van der Waals surface area contributed by atoms with Crippen LogP contribution in [-0.2, 0) is 4.74 Å². The molecule has 0 aliphatic heterocycles. The van der Waals surface area contributed by atoms with Crippen LogP contribution in [0, 0.1) is 52.3 Å². The van der Waals surface area contributed by atoms with Crippen LogP contribution < -0.4 is 0 Å². The third-order valence-electron chi connectivity index (χ3n) is 11.6. The van der Waals surface area contributed by atoms with Crippen LogP contribution in [0.3, 0.4) is 0 Å². The molecule has 1 N–H and O–H groups in total. The molecular weight excluding hydrogens is 392 g/mol. The smallest absolute Gasteiger partial charge is 0.0788 e. The predicted molar refractivity (Wildman–Crippen MR) is 134 cm³/mol. The lowest BCUT2D eigenvalue weighted by Gasteiger charge is -2.60. The van der Waals surface area contributed by atoms with Gasteiger partial charge in [0.15, 0.2) is 0 Å². The summed E-state index contributed by atoms with van der Waals surface area (Å²) in [6.07, 6.45) is 15.3. The van der Waals surface area contributed by atoms with Crippen LogP contribution >= 0.6 is 0 Å². The van der Waals surface area contributed by atoms with Gasteiger partial charge >= 0.3 is 0 Å². The fraction of sp³-hybridized carbons (Fsp3) is 0.933. The van der Waals surface area contributed by atoms with Crippen molar-refractivity contribution >= 4 is 0 Å². The SMILES string of the molecule is CC[C@H](CC[C@@H](C)C1CCC2C3C(CC[C@@]21C)[C@@]1(C)CC[C@H](O)CC1=C[C@H]3OC)C(C)C. The van der Waals surface area contributed by atoms with Gasteiger partial charge in [-0.1, -0.05) is 66.0 Å². The van der Waals surface area contributed by atoms with E-state index in [9.17, 15) is 5.11 Å². The molecule has 3 saturated carbocycles. The minimum atomic E-state index is -0.147. The lowest BCUT2D eigenvalue weighted by Crippen LogP contribution is -2.55. The summed E-state index contributed by atoms with van der Waals surface area (Å²) in [5, 5.41) is 10.4. The summed E-state index contributed by atoms with van der Waals surface area (Å²) in [4.78, 5) is 0. The molecule has 0 aromatic rings. The fourth-order valence-electron chi connectivity index (χ4n) is 9.49. The van der Waals surface area contributed by atoms with Gasteiger partial charge in [-0.3, -0.25) is 0 Å². The molecule has 4 unspecified atom stereocenters. The van der Waals surface area contributed by atoms with Crippen LogP contribution in [0.2, 0.25) is 0 Å². The van der Waals surface area contributed by atoms with E-state index in [1.165, 1.54) is 50.5 Å². The Labute approximate surface area is 199 Å². The topological polar surface area (TPSA) is 29.5 Å². The van der Waals surface area contributed by atoms with Crippen molar-refractivity contribution in [1.29, 1.82) is 0 Å². The standard InChI is InChI=1S/C30H52O2/c1-8-21(19(2)3)10-9-20(4)24-11-12-25-28-26(14-16-30(24,25)6)29(5)15-13-23(31)17-22(29)18-27(28)32-7/h18-21,23-28,31H,8-17H2,1-7H3/t20-,21-,23+,24?,25?,26?,27-,28?,29+,30-/m1/s1. The third kappa shape index (κ3) is 4.04. The molecule has 4 aliphatic carbocycles. The van der Waals surface area contributed by atoms with Gasteiger partial charge in [0, 0.05) is 7.11 Å². The summed E-state index contributed by atoms with van der Waals surface area (Å²) < 4.78 is 6.20. The summed E-state index contributed by atoms with van der Waals surface area (Å²) in [5.41, 5.74) is 2.28. The van der Waals surface area contributed by atoms with Crippen LogP contribution in [0.15, 0.2) is 11.6 Å². The molecule has 0 saturated heterocycles. The first-order chi connectivity index (χ1) is 15.2.